The first-order chi connectivity index (χ1) is 7.56. The number of halogens is 3. The number of hydrogen-bond acceptors (Lipinski definition) is 3. The molecule has 0 heterocycles. The van der Waals surface area contributed by atoms with E-state index in [-0.39, 0.29) is 13.0 Å². The van der Waals surface area contributed by atoms with Crippen molar-refractivity contribution in [2.45, 2.75) is 39.0 Å². The highest BCUT2D eigenvalue weighted by Gasteiger charge is 2.39. The lowest BCUT2D eigenvalue weighted by molar-refractivity contribution is -0.174. The normalized spacial score (nSPS) is 14.3. The van der Waals surface area contributed by atoms with Gasteiger partial charge in [0.25, 0.3) is 0 Å². The van der Waals surface area contributed by atoms with Crippen molar-refractivity contribution in [3.63, 3.8) is 0 Å². The molecule has 0 saturated heterocycles. The molecule has 0 saturated carbocycles. The third-order valence-electron chi connectivity index (χ3n) is 1.87. The molecule has 7 heteroatoms. The first kappa shape index (κ1) is 16.0. The molecule has 4 nitrogen and oxygen atoms in total. The van der Waals surface area contributed by atoms with Crippen LogP contribution in [0.3, 0.4) is 0 Å². The van der Waals surface area contributed by atoms with Crippen LogP contribution in [0.5, 0.6) is 0 Å². The molecule has 0 spiro atoms. The Hall–Kier alpha value is -0.980. The molecule has 0 aromatic carbocycles. The second-order valence-corrected chi connectivity index (χ2v) is 4.70. The molecule has 0 aliphatic heterocycles. The molecule has 0 bridgehead atoms. The van der Waals surface area contributed by atoms with Gasteiger partial charge in [0.1, 0.15) is 5.60 Å². The molecule has 102 valence electrons. The van der Waals surface area contributed by atoms with Gasteiger partial charge in [-0.2, -0.15) is 13.2 Å². The van der Waals surface area contributed by atoms with E-state index in [1.54, 1.807) is 20.8 Å². The Labute approximate surface area is 98.7 Å². The molecule has 0 fully saturated rings. The van der Waals surface area contributed by atoms with E-state index in [9.17, 15) is 18.0 Å². The number of hydrogen-bond donors (Lipinski definition) is 2. The lowest BCUT2D eigenvalue weighted by atomic mass is 10.1. The van der Waals surface area contributed by atoms with Crippen molar-refractivity contribution in [3.05, 3.63) is 0 Å². The predicted molar refractivity (Wildman–Crippen MR) is 57.5 cm³/mol. The van der Waals surface area contributed by atoms with Gasteiger partial charge in [0.2, 0.25) is 0 Å². The maximum Gasteiger partial charge on any atom is 0.407 e. The van der Waals surface area contributed by atoms with Gasteiger partial charge in [-0.3, -0.25) is 0 Å². The number of carbonyl (C=O) groups excluding carboxylic acids is 1. The van der Waals surface area contributed by atoms with Crippen LogP contribution in [0.1, 0.15) is 27.2 Å². The zero-order chi connectivity index (χ0) is 13.7. The molecule has 0 aliphatic rings. The number of ether oxygens (including phenoxy) is 1. The average Bonchev–Trinajstić information content (AvgIpc) is 2.07. The number of alkyl carbamates (subject to hydrolysis) is 1. The highest BCUT2D eigenvalue weighted by Crippen LogP contribution is 2.27. The van der Waals surface area contributed by atoms with E-state index < -0.39 is 30.3 Å². The summed E-state index contributed by atoms with van der Waals surface area (Å²) in [7, 11) is 0. The molecule has 0 rings (SSSR count). The minimum atomic E-state index is -4.37. The molecule has 0 aromatic rings. The van der Waals surface area contributed by atoms with Crippen molar-refractivity contribution in [1.29, 1.82) is 0 Å². The number of amides is 1. The zero-order valence-electron chi connectivity index (χ0n) is 10.2. The minimum Gasteiger partial charge on any atom is -0.444 e. The molecule has 17 heavy (non-hydrogen) atoms. The maximum absolute atomic E-state index is 12.4. The van der Waals surface area contributed by atoms with Gasteiger partial charge >= 0.3 is 12.3 Å². The quantitative estimate of drug-likeness (QED) is 0.809. The molecular formula is C10H19F3N2O2. The number of carbonyl (C=O) groups is 1. The molecule has 3 N–H and O–H groups in total. The van der Waals surface area contributed by atoms with Gasteiger partial charge in [-0.15, -0.1) is 0 Å². The van der Waals surface area contributed by atoms with Gasteiger partial charge in [-0.1, -0.05) is 0 Å². The fourth-order valence-corrected chi connectivity index (χ4v) is 1.10. The molecule has 0 aromatic heterocycles. The standard InChI is InChI=1S/C10H19F3N2O2/c1-9(2,3)17-8(16)15-6-7(4-5-14)10(11,12)13/h7H,4-6,14H2,1-3H3,(H,15,16). The first-order valence-corrected chi connectivity index (χ1v) is 5.30. The van der Waals surface area contributed by atoms with Crippen LogP contribution in [0.4, 0.5) is 18.0 Å². The van der Waals surface area contributed by atoms with E-state index in [1.807, 2.05) is 0 Å². The molecule has 1 atom stereocenters. The van der Waals surface area contributed by atoms with Crippen LogP contribution in [-0.4, -0.2) is 31.0 Å². The molecule has 1 unspecified atom stereocenters. The Kier molecular flexibility index (Phi) is 5.74. The van der Waals surface area contributed by atoms with Crippen LogP contribution < -0.4 is 11.1 Å². The van der Waals surface area contributed by atoms with Crippen LogP contribution in [0, 0.1) is 5.92 Å². The number of rotatable bonds is 4. The summed E-state index contributed by atoms with van der Waals surface area (Å²) in [4.78, 5) is 11.2. The van der Waals surface area contributed by atoms with Crippen molar-refractivity contribution >= 4 is 6.09 Å². The number of nitrogens with two attached hydrogens (primary N) is 1. The minimum absolute atomic E-state index is 0.0832. The van der Waals surface area contributed by atoms with Crippen molar-refractivity contribution in [1.82, 2.24) is 5.32 Å². The fraction of sp³-hybridized carbons (Fsp3) is 0.900. The Morgan fingerprint density at radius 3 is 2.24 bits per heavy atom. The van der Waals surface area contributed by atoms with E-state index in [4.69, 9.17) is 10.5 Å². The second-order valence-electron chi connectivity index (χ2n) is 4.70. The Bertz CT molecular complexity index is 249. The molecule has 1 amide bonds. The summed E-state index contributed by atoms with van der Waals surface area (Å²) in [6.07, 6.45) is -5.45. The van der Waals surface area contributed by atoms with Gasteiger partial charge in [0.05, 0.1) is 5.92 Å². The number of alkyl halides is 3. The Morgan fingerprint density at radius 1 is 1.35 bits per heavy atom. The van der Waals surface area contributed by atoms with E-state index in [0.717, 1.165) is 0 Å². The number of nitrogens with one attached hydrogen (secondary N) is 1. The van der Waals surface area contributed by atoms with Gasteiger partial charge in [0, 0.05) is 6.54 Å². The summed E-state index contributed by atoms with van der Waals surface area (Å²) in [5.41, 5.74) is 4.36. The smallest absolute Gasteiger partial charge is 0.407 e. The zero-order valence-corrected chi connectivity index (χ0v) is 10.2. The van der Waals surface area contributed by atoms with Crippen molar-refractivity contribution < 1.29 is 22.7 Å². The Balaban J connectivity index is 4.18. The molecule has 0 radical (unpaired) electrons. The van der Waals surface area contributed by atoms with Gasteiger partial charge in [-0.25, -0.2) is 4.79 Å². The van der Waals surface area contributed by atoms with Crippen molar-refractivity contribution in [2.24, 2.45) is 11.7 Å². The first-order valence-electron chi connectivity index (χ1n) is 5.30. The SMILES string of the molecule is CC(C)(C)OC(=O)NCC(CCN)C(F)(F)F. The van der Waals surface area contributed by atoms with E-state index in [0.29, 0.717) is 0 Å². The summed E-state index contributed by atoms with van der Waals surface area (Å²) < 4.78 is 42.2. The summed E-state index contributed by atoms with van der Waals surface area (Å²) in [6, 6.07) is 0. The highest BCUT2D eigenvalue weighted by atomic mass is 19.4. The molecule has 0 aliphatic carbocycles. The van der Waals surface area contributed by atoms with Gasteiger partial charge < -0.3 is 15.8 Å². The summed E-state index contributed by atoms with van der Waals surface area (Å²) >= 11 is 0. The van der Waals surface area contributed by atoms with E-state index in [1.165, 1.54) is 0 Å². The molecular weight excluding hydrogens is 237 g/mol. The highest BCUT2D eigenvalue weighted by molar-refractivity contribution is 5.67. The fourth-order valence-electron chi connectivity index (χ4n) is 1.10. The summed E-state index contributed by atoms with van der Waals surface area (Å²) in [6.45, 7) is 4.30. The van der Waals surface area contributed by atoms with Crippen molar-refractivity contribution in [3.8, 4) is 0 Å². The summed E-state index contributed by atoms with van der Waals surface area (Å²) in [5.74, 6) is -1.64. The van der Waals surface area contributed by atoms with Crippen molar-refractivity contribution in [2.75, 3.05) is 13.1 Å². The lowest BCUT2D eigenvalue weighted by Gasteiger charge is -2.23. The summed E-state index contributed by atoms with van der Waals surface area (Å²) in [5, 5.41) is 2.09. The van der Waals surface area contributed by atoms with Crippen LogP contribution >= 0.6 is 0 Å². The van der Waals surface area contributed by atoms with Crippen LogP contribution in [0.25, 0.3) is 0 Å². The van der Waals surface area contributed by atoms with Crippen LogP contribution in [0.2, 0.25) is 0 Å². The van der Waals surface area contributed by atoms with Crippen LogP contribution in [-0.2, 0) is 4.74 Å². The average molecular weight is 256 g/mol. The topological polar surface area (TPSA) is 64.3 Å². The van der Waals surface area contributed by atoms with E-state index >= 15 is 0 Å². The maximum atomic E-state index is 12.4. The predicted octanol–water partition coefficient (Wildman–Crippen LogP) is 2.04. The Morgan fingerprint density at radius 2 is 1.88 bits per heavy atom. The van der Waals surface area contributed by atoms with Gasteiger partial charge in [-0.05, 0) is 33.7 Å². The monoisotopic (exact) mass is 256 g/mol. The second kappa shape index (κ2) is 6.09. The van der Waals surface area contributed by atoms with Gasteiger partial charge in [0.15, 0.2) is 0 Å². The lowest BCUT2D eigenvalue weighted by Crippen LogP contribution is -2.40. The van der Waals surface area contributed by atoms with E-state index in [2.05, 4.69) is 5.32 Å². The largest absolute Gasteiger partial charge is 0.444 e. The third kappa shape index (κ3) is 7.84. The van der Waals surface area contributed by atoms with Crippen LogP contribution in [0.15, 0.2) is 0 Å². The third-order valence-corrected chi connectivity index (χ3v) is 1.87.